The van der Waals surface area contributed by atoms with Gasteiger partial charge in [-0.3, -0.25) is 4.79 Å². The molecule has 3 aromatic carbocycles. The average Bonchev–Trinajstić information content (AvgIpc) is 2.68. The van der Waals surface area contributed by atoms with Crippen LogP contribution in [-0.4, -0.2) is 12.1 Å². The van der Waals surface area contributed by atoms with Crippen molar-refractivity contribution in [2.45, 2.75) is 6.61 Å². The molecular weight excluding hydrogens is 472 g/mol. The smallest absolute Gasteiger partial charge is 0.271 e. The molecule has 0 aliphatic carbocycles. The van der Waals surface area contributed by atoms with Gasteiger partial charge in [0.15, 0.2) is 0 Å². The van der Waals surface area contributed by atoms with Gasteiger partial charge < -0.3 is 4.74 Å². The molecule has 0 bridgehead atoms. The summed E-state index contributed by atoms with van der Waals surface area (Å²) in [5.74, 6) is 0.418. The zero-order valence-electron chi connectivity index (χ0n) is 14.2. The summed E-state index contributed by atoms with van der Waals surface area (Å²) in [6.45, 7) is 0.447. The Morgan fingerprint density at radius 3 is 2.52 bits per heavy atom. The number of hydrogen-bond acceptors (Lipinski definition) is 3. The first-order valence-corrected chi connectivity index (χ1v) is 9.76. The van der Waals surface area contributed by atoms with Crippen molar-refractivity contribution in [3.05, 3.63) is 98.4 Å². The van der Waals surface area contributed by atoms with Crippen molar-refractivity contribution in [3.8, 4) is 5.75 Å². The van der Waals surface area contributed by atoms with Crippen LogP contribution in [-0.2, 0) is 6.61 Å². The van der Waals surface area contributed by atoms with Crippen molar-refractivity contribution in [1.82, 2.24) is 5.43 Å². The fourth-order valence-electron chi connectivity index (χ4n) is 2.32. The van der Waals surface area contributed by atoms with E-state index < -0.39 is 0 Å². The van der Waals surface area contributed by atoms with Gasteiger partial charge >= 0.3 is 0 Å². The number of carbonyl (C=O) groups excluding carboxylic acids is 1. The quantitative estimate of drug-likeness (QED) is 0.365. The molecule has 3 rings (SSSR count). The molecule has 0 saturated carbocycles. The number of para-hydroxylation sites is 1. The van der Waals surface area contributed by atoms with E-state index in [0.717, 1.165) is 20.1 Å². The molecule has 0 spiro atoms. The van der Waals surface area contributed by atoms with Gasteiger partial charge in [-0.05, 0) is 48.0 Å². The van der Waals surface area contributed by atoms with Crippen LogP contribution in [0.25, 0.3) is 0 Å². The average molecular weight is 488 g/mol. The lowest BCUT2D eigenvalue weighted by Gasteiger charge is -2.09. The molecule has 6 heteroatoms. The van der Waals surface area contributed by atoms with Crippen LogP contribution >= 0.6 is 31.9 Å². The third kappa shape index (κ3) is 5.77. The number of nitrogens with zero attached hydrogens (tertiary/aromatic N) is 1. The maximum absolute atomic E-state index is 12.1. The van der Waals surface area contributed by atoms with E-state index >= 15 is 0 Å². The predicted octanol–water partition coefficient (Wildman–Crippen LogP) is 5.55. The number of carbonyl (C=O) groups is 1. The summed E-state index contributed by atoms with van der Waals surface area (Å²) in [5.41, 5.74) is 4.90. The van der Waals surface area contributed by atoms with E-state index in [4.69, 9.17) is 4.74 Å². The van der Waals surface area contributed by atoms with Gasteiger partial charge in [-0.25, -0.2) is 5.43 Å². The third-order valence-corrected chi connectivity index (χ3v) is 4.71. The van der Waals surface area contributed by atoms with E-state index in [1.165, 1.54) is 0 Å². The Labute approximate surface area is 174 Å². The minimum atomic E-state index is -0.277. The maximum Gasteiger partial charge on any atom is 0.271 e. The summed E-state index contributed by atoms with van der Waals surface area (Å²) in [6, 6.07) is 22.6. The summed E-state index contributed by atoms with van der Waals surface area (Å²) in [7, 11) is 0. The molecule has 0 heterocycles. The lowest BCUT2D eigenvalue weighted by atomic mass is 10.2. The number of hydrazone groups is 1. The van der Waals surface area contributed by atoms with Gasteiger partial charge in [0, 0.05) is 20.1 Å². The molecule has 0 aliphatic heterocycles. The molecular formula is C21H16Br2N2O2. The van der Waals surface area contributed by atoms with E-state index in [1.807, 2.05) is 54.6 Å². The highest BCUT2D eigenvalue weighted by molar-refractivity contribution is 9.10. The fourth-order valence-corrected chi connectivity index (χ4v) is 2.98. The van der Waals surface area contributed by atoms with E-state index in [0.29, 0.717) is 17.9 Å². The Balaban J connectivity index is 1.64. The highest BCUT2D eigenvalue weighted by atomic mass is 79.9. The standard InChI is InChI=1S/C21H16Br2N2O2/c22-18-10-8-15(9-11-18)14-27-20-7-2-1-4-17(20)13-24-25-21(26)16-5-3-6-19(23)12-16/h1-13H,14H2,(H,25,26)/b24-13+. The molecule has 1 amide bonds. The van der Waals surface area contributed by atoms with Crippen LogP contribution < -0.4 is 10.2 Å². The monoisotopic (exact) mass is 486 g/mol. The molecule has 3 aromatic rings. The van der Waals surface area contributed by atoms with Crippen LogP contribution in [0.15, 0.2) is 86.8 Å². The second kappa shape index (κ2) is 9.48. The molecule has 0 aliphatic rings. The Bertz CT molecular complexity index is 956. The van der Waals surface area contributed by atoms with Gasteiger partial charge in [-0.15, -0.1) is 0 Å². The summed E-state index contributed by atoms with van der Waals surface area (Å²) in [4.78, 5) is 12.1. The highest BCUT2D eigenvalue weighted by Gasteiger charge is 2.05. The topological polar surface area (TPSA) is 50.7 Å². The van der Waals surface area contributed by atoms with Gasteiger partial charge in [0.05, 0.1) is 6.21 Å². The summed E-state index contributed by atoms with van der Waals surface area (Å²) < 4.78 is 7.76. The lowest BCUT2D eigenvalue weighted by molar-refractivity contribution is 0.0955. The third-order valence-electron chi connectivity index (χ3n) is 3.68. The van der Waals surface area contributed by atoms with Gasteiger partial charge in [-0.1, -0.05) is 62.2 Å². The Kier molecular flexibility index (Phi) is 6.79. The van der Waals surface area contributed by atoms with Crippen molar-refractivity contribution in [3.63, 3.8) is 0 Å². The largest absolute Gasteiger partial charge is 0.488 e. The minimum absolute atomic E-state index is 0.277. The van der Waals surface area contributed by atoms with E-state index in [1.54, 1.807) is 24.4 Å². The van der Waals surface area contributed by atoms with Crippen LogP contribution in [0.2, 0.25) is 0 Å². The van der Waals surface area contributed by atoms with Crippen molar-refractivity contribution in [2.24, 2.45) is 5.10 Å². The zero-order valence-corrected chi connectivity index (χ0v) is 17.4. The molecule has 0 fully saturated rings. The van der Waals surface area contributed by atoms with Gasteiger partial charge in [0.25, 0.3) is 5.91 Å². The number of amides is 1. The second-order valence-corrected chi connectivity index (χ2v) is 7.49. The highest BCUT2D eigenvalue weighted by Crippen LogP contribution is 2.18. The lowest BCUT2D eigenvalue weighted by Crippen LogP contribution is -2.17. The van der Waals surface area contributed by atoms with Crippen LogP contribution in [0.4, 0.5) is 0 Å². The number of nitrogens with one attached hydrogen (secondary N) is 1. The number of rotatable bonds is 6. The summed E-state index contributed by atoms with van der Waals surface area (Å²) in [6.07, 6.45) is 1.58. The molecule has 0 aromatic heterocycles. The molecule has 1 N–H and O–H groups in total. The number of hydrogen-bond donors (Lipinski definition) is 1. The van der Waals surface area contributed by atoms with Crippen LogP contribution in [0.3, 0.4) is 0 Å². The zero-order chi connectivity index (χ0) is 19.1. The molecule has 0 atom stereocenters. The van der Waals surface area contributed by atoms with Crippen molar-refractivity contribution >= 4 is 44.0 Å². The predicted molar refractivity (Wildman–Crippen MR) is 114 cm³/mol. The van der Waals surface area contributed by atoms with Crippen LogP contribution in [0.1, 0.15) is 21.5 Å². The van der Waals surface area contributed by atoms with E-state index in [9.17, 15) is 4.79 Å². The second-order valence-electron chi connectivity index (χ2n) is 5.66. The van der Waals surface area contributed by atoms with Gasteiger partial charge in [0.2, 0.25) is 0 Å². The summed E-state index contributed by atoms with van der Waals surface area (Å²) >= 11 is 6.77. The molecule has 136 valence electrons. The molecule has 0 radical (unpaired) electrons. The normalized spacial score (nSPS) is 10.7. The van der Waals surface area contributed by atoms with Crippen LogP contribution in [0, 0.1) is 0 Å². The van der Waals surface area contributed by atoms with Crippen molar-refractivity contribution < 1.29 is 9.53 Å². The number of halogens is 2. The van der Waals surface area contributed by atoms with Crippen molar-refractivity contribution in [2.75, 3.05) is 0 Å². The molecule has 27 heavy (non-hydrogen) atoms. The fraction of sp³-hybridized carbons (Fsp3) is 0.0476. The number of ether oxygens (including phenoxy) is 1. The molecule has 0 unspecified atom stereocenters. The first kappa shape index (κ1) is 19.3. The van der Waals surface area contributed by atoms with E-state index in [-0.39, 0.29) is 5.91 Å². The van der Waals surface area contributed by atoms with Gasteiger partial charge in [0.1, 0.15) is 12.4 Å². The summed E-state index contributed by atoms with van der Waals surface area (Å²) in [5, 5.41) is 4.05. The Morgan fingerprint density at radius 2 is 1.74 bits per heavy atom. The molecule has 4 nitrogen and oxygen atoms in total. The maximum atomic E-state index is 12.1. The van der Waals surface area contributed by atoms with Crippen molar-refractivity contribution in [1.29, 1.82) is 0 Å². The Hall–Kier alpha value is -2.44. The number of benzene rings is 3. The van der Waals surface area contributed by atoms with Gasteiger partial charge in [-0.2, -0.15) is 5.10 Å². The first-order chi connectivity index (χ1) is 13.1. The van der Waals surface area contributed by atoms with E-state index in [2.05, 4.69) is 42.4 Å². The van der Waals surface area contributed by atoms with Crippen LogP contribution in [0.5, 0.6) is 5.75 Å². The first-order valence-electron chi connectivity index (χ1n) is 8.17. The molecule has 0 saturated heterocycles. The minimum Gasteiger partial charge on any atom is -0.488 e. The SMILES string of the molecule is O=C(N/N=C/c1ccccc1OCc1ccc(Br)cc1)c1cccc(Br)c1. The Morgan fingerprint density at radius 1 is 0.963 bits per heavy atom.